The molecule has 0 aromatic heterocycles. The normalized spacial score (nSPS) is 10.8. The lowest BCUT2D eigenvalue weighted by Crippen LogP contribution is -2.13. The zero-order valence-corrected chi connectivity index (χ0v) is 19.1. The highest BCUT2D eigenvalue weighted by Crippen LogP contribution is 2.31. The van der Waals surface area contributed by atoms with E-state index < -0.39 is 0 Å². The monoisotopic (exact) mass is 514 g/mol. The molecule has 148 valence electrons. The molecular weight excluding hydrogens is 496 g/mol. The largest absolute Gasteiger partial charge is 0.497 e. The quantitative estimate of drug-likeness (QED) is 0.308. The van der Waals surface area contributed by atoms with Gasteiger partial charge in [0.2, 0.25) is 0 Å². The van der Waals surface area contributed by atoms with Gasteiger partial charge in [0.25, 0.3) is 0 Å². The lowest BCUT2D eigenvalue weighted by Gasteiger charge is -2.17. The molecule has 0 aliphatic carbocycles. The van der Waals surface area contributed by atoms with Crippen molar-refractivity contribution >= 4 is 43.4 Å². The molecule has 0 bridgehead atoms. The Balaban J connectivity index is 1.89. The summed E-state index contributed by atoms with van der Waals surface area (Å²) in [6, 6.07) is 22.3. The molecule has 0 amide bonds. The first-order chi connectivity index (χ1) is 14.0. The van der Waals surface area contributed by atoms with Crippen molar-refractivity contribution in [1.82, 2.24) is 0 Å². The van der Waals surface area contributed by atoms with Gasteiger partial charge in [-0.15, -0.1) is 0 Å². The average molecular weight is 516 g/mol. The van der Waals surface area contributed by atoms with Gasteiger partial charge in [-0.2, -0.15) is 0 Å². The van der Waals surface area contributed by atoms with Crippen molar-refractivity contribution in [3.8, 4) is 5.75 Å². The summed E-state index contributed by atoms with van der Waals surface area (Å²) in [5, 5.41) is 0. The van der Waals surface area contributed by atoms with E-state index in [9.17, 15) is 9.59 Å². The number of ketones is 2. The third-order valence-corrected chi connectivity index (χ3v) is 6.18. The molecule has 0 fully saturated rings. The minimum absolute atomic E-state index is 0.00165. The number of carbonyl (C=O) groups excluding carboxylic acids is 2. The molecule has 3 rings (SSSR count). The first-order valence-electron chi connectivity index (χ1n) is 9.19. The molecule has 0 radical (unpaired) electrons. The van der Waals surface area contributed by atoms with Crippen LogP contribution in [0, 0.1) is 0 Å². The second kappa shape index (κ2) is 9.99. The second-order valence-electron chi connectivity index (χ2n) is 6.68. The Kier molecular flexibility index (Phi) is 7.40. The minimum Gasteiger partial charge on any atom is -0.497 e. The van der Waals surface area contributed by atoms with Crippen LogP contribution in [0.2, 0.25) is 0 Å². The van der Waals surface area contributed by atoms with Gasteiger partial charge >= 0.3 is 0 Å². The molecule has 0 aliphatic rings. The van der Waals surface area contributed by atoms with Gasteiger partial charge in [-0.1, -0.05) is 80.4 Å². The maximum Gasteiger partial charge on any atom is 0.164 e. The molecule has 0 saturated heterocycles. The van der Waals surface area contributed by atoms with Gasteiger partial charge in [-0.05, 0) is 35.7 Å². The molecule has 0 heterocycles. The molecule has 3 nitrogen and oxygen atoms in total. The van der Waals surface area contributed by atoms with Crippen LogP contribution in [0.1, 0.15) is 45.0 Å². The Morgan fingerprint density at radius 2 is 1.21 bits per heavy atom. The molecule has 5 heteroatoms. The molecule has 3 aromatic carbocycles. The van der Waals surface area contributed by atoms with Crippen molar-refractivity contribution in [3.05, 3.63) is 98.4 Å². The number of carbonyl (C=O) groups is 2. The number of benzene rings is 3. The van der Waals surface area contributed by atoms with E-state index in [1.165, 1.54) is 0 Å². The van der Waals surface area contributed by atoms with E-state index in [0.717, 1.165) is 20.3 Å². The van der Waals surface area contributed by atoms with E-state index in [1.54, 1.807) is 19.2 Å². The Labute approximate surface area is 187 Å². The third kappa shape index (κ3) is 5.43. The zero-order chi connectivity index (χ0) is 20.8. The van der Waals surface area contributed by atoms with Gasteiger partial charge in [0.05, 0.1) is 7.11 Å². The fourth-order valence-corrected chi connectivity index (χ4v) is 4.24. The summed E-state index contributed by atoms with van der Waals surface area (Å²) in [7, 11) is 1.61. The van der Waals surface area contributed by atoms with Crippen LogP contribution < -0.4 is 4.74 Å². The predicted octanol–water partition coefficient (Wildman–Crippen LogP) is 6.85. The Morgan fingerprint density at radius 3 is 1.62 bits per heavy atom. The van der Waals surface area contributed by atoms with Crippen LogP contribution in [-0.2, 0) is 0 Å². The smallest absolute Gasteiger partial charge is 0.164 e. The van der Waals surface area contributed by atoms with E-state index in [2.05, 4.69) is 31.9 Å². The lowest BCUT2D eigenvalue weighted by molar-refractivity contribution is 0.0943. The van der Waals surface area contributed by atoms with Crippen LogP contribution in [0.5, 0.6) is 5.75 Å². The summed E-state index contributed by atoms with van der Waals surface area (Å²) in [4.78, 5) is 26.0. The van der Waals surface area contributed by atoms with Crippen molar-refractivity contribution in [2.45, 2.75) is 18.8 Å². The van der Waals surface area contributed by atoms with Crippen molar-refractivity contribution in [2.75, 3.05) is 7.11 Å². The van der Waals surface area contributed by atoms with Crippen LogP contribution in [-0.4, -0.2) is 18.7 Å². The highest BCUT2D eigenvalue weighted by Gasteiger charge is 2.23. The highest BCUT2D eigenvalue weighted by atomic mass is 79.9. The average Bonchev–Trinajstić information content (AvgIpc) is 2.73. The van der Waals surface area contributed by atoms with E-state index in [4.69, 9.17) is 4.74 Å². The predicted molar refractivity (Wildman–Crippen MR) is 122 cm³/mol. The van der Waals surface area contributed by atoms with Gasteiger partial charge in [0.1, 0.15) is 5.75 Å². The Morgan fingerprint density at radius 1 is 0.759 bits per heavy atom. The summed E-state index contributed by atoms with van der Waals surface area (Å²) in [6.07, 6.45) is 0.482. The number of hydrogen-bond acceptors (Lipinski definition) is 3. The lowest BCUT2D eigenvalue weighted by atomic mass is 9.86. The molecular formula is C24H20Br2O3. The van der Waals surface area contributed by atoms with Gasteiger partial charge in [-0.25, -0.2) is 0 Å². The van der Waals surface area contributed by atoms with Crippen molar-refractivity contribution in [3.63, 3.8) is 0 Å². The number of halogens is 2. The molecule has 0 spiro atoms. The standard InChI is InChI=1S/C24H20Br2O3/c1-29-18-12-10-16(11-13-18)17(14-23(27)19-6-2-4-8-21(19)25)15-24(28)20-7-3-5-9-22(20)26/h2-13,17H,14-15H2,1H3. The van der Waals surface area contributed by atoms with Crippen LogP contribution >= 0.6 is 31.9 Å². The summed E-state index contributed by atoms with van der Waals surface area (Å²) < 4.78 is 6.75. The molecule has 0 N–H and O–H groups in total. The molecule has 0 atom stereocenters. The number of ether oxygens (including phenoxy) is 1. The minimum atomic E-state index is -0.236. The topological polar surface area (TPSA) is 43.4 Å². The van der Waals surface area contributed by atoms with Gasteiger partial charge in [0.15, 0.2) is 11.6 Å². The SMILES string of the molecule is COc1ccc(C(CC(=O)c2ccccc2Br)CC(=O)c2ccccc2Br)cc1. The summed E-state index contributed by atoms with van der Waals surface area (Å²) in [5.74, 6) is 0.498. The van der Waals surface area contributed by atoms with E-state index >= 15 is 0 Å². The maximum absolute atomic E-state index is 13.0. The highest BCUT2D eigenvalue weighted by molar-refractivity contribution is 9.10. The fraction of sp³-hybridized carbons (Fsp3) is 0.167. The fourth-order valence-electron chi connectivity index (χ4n) is 3.23. The zero-order valence-electron chi connectivity index (χ0n) is 15.9. The molecule has 0 aliphatic heterocycles. The van der Waals surface area contributed by atoms with Crippen LogP contribution in [0.15, 0.2) is 81.7 Å². The summed E-state index contributed by atoms with van der Waals surface area (Å²) >= 11 is 6.90. The van der Waals surface area contributed by atoms with Crippen LogP contribution in [0.25, 0.3) is 0 Å². The van der Waals surface area contributed by atoms with Gasteiger partial charge in [-0.3, -0.25) is 9.59 Å². The van der Waals surface area contributed by atoms with Crippen molar-refractivity contribution in [2.24, 2.45) is 0 Å². The molecule has 29 heavy (non-hydrogen) atoms. The Bertz CT molecular complexity index is 953. The molecule has 0 unspecified atom stereocenters. The summed E-state index contributed by atoms with van der Waals surface area (Å²) in [5.41, 5.74) is 2.19. The number of Topliss-reactive ketones (excluding diaryl/α,β-unsaturated/α-hetero) is 2. The van der Waals surface area contributed by atoms with E-state index in [-0.39, 0.29) is 30.3 Å². The van der Waals surface area contributed by atoms with E-state index in [0.29, 0.717) is 11.1 Å². The molecule has 0 saturated carbocycles. The van der Waals surface area contributed by atoms with Crippen molar-refractivity contribution in [1.29, 1.82) is 0 Å². The molecule has 3 aromatic rings. The second-order valence-corrected chi connectivity index (χ2v) is 8.39. The third-order valence-electron chi connectivity index (χ3n) is 4.80. The Hall–Kier alpha value is -2.24. The first kappa shape index (κ1) is 21.5. The van der Waals surface area contributed by atoms with E-state index in [1.807, 2.05) is 60.7 Å². The van der Waals surface area contributed by atoms with Crippen LogP contribution in [0.4, 0.5) is 0 Å². The number of rotatable bonds is 8. The maximum atomic E-state index is 13.0. The van der Waals surface area contributed by atoms with Gasteiger partial charge < -0.3 is 4.74 Å². The number of hydrogen-bond donors (Lipinski definition) is 0. The van der Waals surface area contributed by atoms with Gasteiger partial charge in [0, 0.05) is 32.9 Å². The number of methoxy groups -OCH3 is 1. The first-order valence-corrected chi connectivity index (χ1v) is 10.8. The van der Waals surface area contributed by atoms with Crippen LogP contribution in [0.3, 0.4) is 0 Å². The van der Waals surface area contributed by atoms with Crippen molar-refractivity contribution < 1.29 is 14.3 Å². The summed E-state index contributed by atoms with van der Waals surface area (Å²) in [6.45, 7) is 0.